The topological polar surface area (TPSA) is 18.5 Å². The number of hydrogen-bond donors (Lipinski definition) is 0. The van der Waals surface area contributed by atoms with Gasteiger partial charge < -0.3 is 8.85 Å². The minimum Gasteiger partial charge on any atom is -0.398 e. The smallest absolute Gasteiger partial charge is 0.338 e. The predicted octanol–water partition coefficient (Wildman–Crippen LogP) is 3.46. The van der Waals surface area contributed by atoms with Crippen LogP contribution in [0.25, 0.3) is 0 Å². The zero-order valence-electron chi connectivity index (χ0n) is 10.3. The fraction of sp³-hybridized carbons (Fsp3) is 1.00. The average Bonchev–Trinajstić information content (AvgIpc) is 2.94. The Morgan fingerprint density at radius 3 is 2.20 bits per heavy atom. The van der Waals surface area contributed by atoms with Gasteiger partial charge >= 0.3 is 8.56 Å². The quantitative estimate of drug-likeness (QED) is 0.671. The molecule has 0 spiro atoms. The molecule has 2 aliphatic rings. The van der Waals surface area contributed by atoms with E-state index < -0.39 is 8.56 Å². The summed E-state index contributed by atoms with van der Waals surface area (Å²) in [5.74, 6) is 0.797. The third kappa shape index (κ3) is 2.63. The fourth-order valence-electron chi connectivity index (χ4n) is 2.81. The fourth-order valence-corrected chi connectivity index (χ4v) is 5.58. The lowest BCUT2D eigenvalue weighted by Gasteiger charge is -2.31. The first-order valence-corrected chi connectivity index (χ1v) is 8.78. The number of rotatable bonds is 5. The van der Waals surface area contributed by atoms with Gasteiger partial charge in [-0.2, -0.15) is 0 Å². The largest absolute Gasteiger partial charge is 0.398 e. The summed E-state index contributed by atoms with van der Waals surface area (Å²) in [5.41, 5.74) is 0.770. The summed E-state index contributed by atoms with van der Waals surface area (Å²) >= 11 is 0. The Bertz CT molecular complexity index is 212. The molecule has 0 aromatic carbocycles. The van der Waals surface area contributed by atoms with E-state index in [-0.39, 0.29) is 0 Å². The number of hydrogen-bond acceptors (Lipinski definition) is 2. The summed E-state index contributed by atoms with van der Waals surface area (Å²) in [5, 5.41) is 0. The van der Waals surface area contributed by atoms with E-state index in [9.17, 15) is 0 Å². The van der Waals surface area contributed by atoms with Gasteiger partial charge in [-0.15, -0.1) is 0 Å². The van der Waals surface area contributed by atoms with Crippen LogP contribution in [0.3, 0.4) is 0 Å². The molecule has 2 nitrogen and oxygen atoms in total. The van der Waals surface area contributed by atoms with Gasteiger partial charge in [0.25, 0.3) is 0 Å². The Hall–Kier alpha value is 0.137. The molecule has 0 saturated heterocycles. The summed E-state index contributed by atoms with van der Waals surface area (Å²) in [4.78, 5) is 0. The molecule has 88 valence electrons. The van der Waals surface area contributed by atoms with E-state index in [4.69, 9.17) is 8.85 Å². The van der Waals surface area contributed by atoms with Crippen LogP contribution < -0.4 is 0 Å². The Morgan fingerprint density at radius 2 is 1.73 bits per heavy atom. The van der Waals surface area contributed by atoms with Crippen LogP contribution in [0.2, 0.25) is 12.1 Å². The summed E-state index contributed by atoms with van der Waals surface area (Å²) in [6.45, 7) is 4.50. The summed E-state index contributed by atoms with van der Waals surface area (Å²) in [7, 11) is 0.0190. The highest BCUT2D eigenvalue weighted by Gasteiger charge is 2.48. The van der Waals surface area contributed by atoms with Gasteiger partial charge in [0.2, 0.25) is 0 Å². The van der Waals surface area contributed by atoms with Gasteiger partial charge in [0.1, 0.15) is 0 Å². The zero-order valence-corrected chi connectivity index (χ0v) is 11.3. The monoisotopic (exact) mass is 228 g/mol. The normalized spacial score (nSPS) is 29.0. The van der Waals surface area contributed by atoms with Gasteiger partial charge in [0.15, 0.2) is 0 Å². The van der Waals surface area contributed by atoms with Crippen molar-refractivity contribution in [3.63, 3.8) is 0 Å². The molecule has 2 unspecified atom stereocenters. The summed E-state index contributed by atoms with van der Waals surface area (Å²) in [6, 6.07) is 0. The zero-order chi connectivity index (χ0) is 10.9. The van der Waals surface area contributed by atoms with E-state index in [0.29, 0.717) is 6.10 Å². The molecule has 2 fully saturated rings. The molecule has 0 radical (unpaired) electrons. The Labute approximate surface area is 94.6 Å². The second-order valence-corrected chi connectivity index (χ2v) is 8.85. The van der Waals surface area contributed by atoms with Crippen LogP contribution in [-0.4, -0.2) is 21.8 Å². The molecular formula is C12H24O2Si. The molecule has 0 aromatic rings. The molecule has 0 bridgehead atoms. The third-order valence-electron chi connectivity index (χ3n) is 4.21. The van der Waals surface area contributed by atoms with Gasteiger partial charge in [-0.3, -0.25) is 0 Å². The van der Waals surface area contributed by atoms with Crippen molar-refractivity contribution in [2.75, 3.05) is 7.11 Å². The van der Waals surface area contributed by atoms with Crippen LogP contribution >= 0.6 is 0 Å². The summed E-state index contributed by atoms with van der Waals surface area (Å²) in [6.07, 6.45) is 8.59. The maximum atomic E-state index is 6.31. The second-order valence-electron chi connectivity index (χ2n) is 5.36. The van der Waals surface area contributed by atoms with E-state index in [1.165, 1.54) is 38.5 Å². The van der Waals surface area contributed by atoms with Gasteiger partial charge in [-0.05, 0) is 45.1 Å². The Kier molecular flexibility index (Phi) is 3.53. The van der Waals surface area contributed by atoms with Crippen LogP contribution in [0, 0.1) is 5.92 Å². The van der Waals surface area contributed by atoms with E-state index in [2.05, 4.69) is 13.5 Å². The summed E-state index contributed by atoms with van der Waals surface area (Å²) < 4.78 is 12.0. The van der Waals surface area contributed by atoms with Crippen molar-refractivity contribution in [3.8, 4) is 0 Å². The van der Waals surface area contributed by atoms with Crippen molar-refractivity contribution >= 4 is 8.56 Å². The van der Waals surface area contributed by atoms with Crippen LogP contribution in [-0.2, 0) is 8.85 Å². The minimum absolute atomic E-state index is 0.421. The average molecular weight is 228 g/mol. The second kappa shape index (κ2) is 4.56. The standard InChI is InChI=1S/C12H24O2Si/c1-10(11-6-4-5-7-11)14-15(3,13-2)12-8-9-12/h10-12H,4-9H2,1-3H3. The van der Waals surface area contributed by atoms with Gasteiger partial charge in [0, 0.05) is 18.8 Å². The van der Waals surface area contributed by atoms with E-state index in [1.807, 2.05) is 7.11 Å². The van der Waals surface area contributed by atoms with Crippen LogP contribution in [0.4, 0.5) is 0 Å². The third-order valence-corrected chi connectivity index (χ3v) is 7.92. The van der Waals surface area contributed by atoms with Crippen molar-refractivity contribution in [2.45, 2.75) is 63.6 Å². The van der Waals surface area contributed by atoms with Crippen LogP contribution in [0.5, 0.6) is 0 Å². The molecule has 0 aliphatic heterocycles. The lowest BCUT2D eigenvalue weighted by Crippen LogP contribution is -2.42. The van der Waals surface area contributed by atoms with Gasteiger partial charge in [-0.25, -0.2) is 0 Å². The molecule has 2 aliphatic carbocycles. The molecule has 2 saturated carbocycles. The molecule has 0 N–H and O–H groups in total. The van der Waals surface area contributed by atoms with Crippen molar-refractivity contribution in [3.05, 3.63) is 0 Å². The van der Waals surface area contributed by atoms with Gasteiger partial charge in [-0.1, -0.05) is 12.8 Å². The predicted molar refractivity (Wildman–Crippen MR) is 64.1 cm³/mol. The maximum absolute atomic E-state index is 6.31. The molecule has 0 heterocycles. The minimum atomic E-state index is -1.82. The van der Waals surface area contributed by atoms with Crippen molar-refractivity contribution < 1.29 is 8.85 Å². The first-order chi connectivity index (χ1) is 7.15. The molecule has 0 amide bonds. The van der Waals surface area contributed by atoms with E-state index in [1.54, 1.807) is 0 Å². The van der Waals surface area contributed by atoms with E-state index in [0.717, 1.165) is 11.5 Å². The lowest BCUT2D eigenvalue weighted by atomic mass is 10.0. The highest BCUT2D eigenvalue weighted by molar-refractivity contribution is 6.68. The molecule has 0 aromatic heterocycles. The van der Waals surface area contributed by atoms with Crippen LogP contribution in [0.1, 0.15) is 45.4 Å². The Balaban J connectivity index is 1.87. The van der Waals surface area contributed by atoms with Crippen molar-refractivity contribution in [1.82, 2.24) is 0 Å². The molecule has 2 atom stereocenters. The maximum Gasteiger partial charge on any atom is 0.338 e. The lowest BCUT2D eigenvalue weighted by molar-refractivity contribution is 0.0991. The van der Waals surface area contributed by atoms with Gasteiger partial charge in [0.05, 0.1) is 0 Å². The van der Waals surface area contributed by atoms with Crippen molar-refractivity contribution in [1.29, 1.82) is 0 Å². The first kappa shape index (κ1) is 11.6. The molecule has 2 rings (SSSR count). The highest BCUT2D eigenvalue weighted by atomic mass is 28.4. The SMILES string of the molecule is CO[Si](C)(OC(C)C1CCCC1)C1CC1. The molecule has 3 heteroatoms. The highest BCUT2D eigenvalue weighted by Crippen LogP contribution is 2.47. The Morgan fingerprint density at radius 1 is 1.13 bits per heavy atom. The van der Waals surface area contributed by atoms with Crippen LogP contribution in [0.15, 0.2) is 0 Å². The first-order valence-electron chi connectivity index (χ1n) is 6.38. The molecule has 15 heavy (non-hydrogen) atoms. The van der Waals surface area contributed by atoms with E-state index >= 15 is 0 Å². The van der Waals surface area contributed by atoms with Crippen molar-refractivity contribution in [2.24, 2.45) is 5.92 Å². The molecular weight excluding hydrogens is 204 g/mol.